The molecule has 1 saturated heterocycles. The number of rotatable bonds is 1. The summed E-state index contributed by atoms with van der Waals surface area (Å²) in [5.41, 5.74) is 2.90. The standard InChI is InChI=1S/C14H18N2.C2H6/c1-16-10-13(11-6-8-15-9-7-11)12-4-2-3-5-14(12)16;1-2/h2-5,10-11,15H,6-9H2,1H3;1-2H3. The van der Waals surface area contributed by atoms with Gasteiger partial charge in [0.1, 0.15) is 0 Å². The molecule has 2 heteroatoms. The third kappa shape index (κ3) is 2.44. The highest BCUT2D eigenvalue weighted by Crippen LogP contribution is 2.32. The van der Waals surface area contributed by atoms with Crippen LogP contribution in [0.2, 0.25) is 0 Å². The predicted molar refractivity (Wildman–Crippen MR) is 79.1 cm³/mol. The molecule has 1 aliphatic rings. The van der Waals surface area contributed by atoms with E-state index in [-0.39, 0.29) is 0 Å². The first-order valence-electron chi connectivity index (χ1n) is 7.11. The van der Waals surface area contributed by atoms with Crippen LogP contribution in [0.15, 0.2) is 30.5 Å². The number of benzene rings is 1. The fourth-order valence-electron chi connectivity index (χ4n) is 2.83. The van der Waals surface area contributed by atoms with E-state index < -0.39 is 0 Å². The second-order valence-electron chi connectivity index (χ2n) is 4.74. The predicted octanol–water partition coefficient (Wildman–Crippen LogP) is 3.67. The van der Waals surface area contributed by atoms with Gasteiger partial charge in [-0.25, -0.2) is 0 Å². The molecule has 1 N–H and O–H groups in total. The summed E-state index contributed by atoms with van der Waals surface area (Å²) >= 11 is 0. The molecule has 1 aromatic carbocycles. The Labute approximate surface area is 110 Å². The largest absolute Gasteiger partial charge is 0.350 e. The molecule has 0 aliphatic carbocycles. The van der Waals surface area contributed by atoms with Crippen molar-refractivity contribution in [1.29, 1.82) is 0 Å². The minimum atomic E-state index is 0.743. The number of hydrogen-bond donors (Lipinski definition) is 1. The van der Waals surface area contributed by atoms with Gasteiger partial charge in [-0.3, -0.25) is 0 Å². The topological polar surface area (TPSA) is 17.0 Å². The molecular formula is C16H24N2. The van der Waals surface area contributed by atoms with E-state index in [4.69, 9.17) is 0 Å². The number of aryl methyl sites for hydroxylation is 1. The zero-order chi connectivity index (χ0) is 13.0. The maximum atomic E-state index is 3.43. The molecule has 1 aliphatic heterocycles. The Kier molecular flexibility index (Phi) is 4.43. The first-order chi connectivity index (χ1) is 8.86. The molecule has 1 aromatic heterocycles. The Balaban J connectivity index is 0.000000574. The lowest BCUT2D eigenvalue weighted by Crippen LogP contribution is -2.26. The average Bonchev–Trinajstić information content (AvgIpc) is 2.80. The van der Waals surface area contributed by atoms with Crippen molar-refractivity contribution in [1.82, 2.24) is 9.88 Å². The smallest absolute Gasteiger partial charge is 0.0480 e. The minimum absolute atomic E-state index is 0.743. The van der Waals surface area contributed by atoms with Gasteiger partial charge in [-0.15, -0.1) is 0 Å². The molecule has 0 unspecified atom stereocenters. The summed E-state index contributed by atoms with van der Waals surface area (Å²) in [5, 5.41) is 4.87. The molecule has 1 fully saturated rings. The number of piperidine rings is 1. The molecule has 0 radical (unpaired) electrons. The van der Waals surface area contributed by atoms with Gasteiger partial charge >= 0.3 is 0 Å². The Hall–Kier alpha value is -1.28. The summed E-state index contributed by atoms with van der Waals surface area (Å²) in [6.45, 7) is 6.32. The number of nitrogens with zero attached hydrogens (tertiary/aromatic N) is 1. The van der Waals surface area contributed by atoms with E-state index in [1.807, 2.05) is 13.8 Å². The molecule has 18 heavy (non-hydrogen) atoms. The van der Waals surface area contributed by atoms with E-state index in [1.54, 1.807) is 5.56 Å². The van der Waals surface area contributed by atoms with E-state index in [0.29, 0.717) is 0 Å². The monoisotopic (exact) mass is 244 g/mol. The number of nitrogens with one attached hydrogen (secondary N) is 1. The summed E-state index contributed by atoms with van der Waals surface area (Å²) in [7, 11) is 2.15. The normalized spacial score (nSPS) is 16.4. The quantitative estimate of drug-likeness (QED) is 0.810. The average molecular weight is 244 g/mol. The number of para-hydroxylation sites is 1. The SMILES string of the molecule is CC.Cn1cc(C2CCNCC2)c2ccccc21. The van der Waals surface area contributed by atoms with Gasteiger partial charge in [0, 0.05) is 24.1 Å². The lowest BCUT2D eigenvalue weighted by Gasteiger charge is -2.22. The highest BCUT2D eigenvalue weighted by molar-refractivity contribution is 5.84. The van der Waals surface area contributed by atoms with E-state index >= 15 is 0 Å². The molecule has 98 valence electrons. The summed E-state index contributed by atoms with van der Waals surface area (Å²) in [5.74, 6) is 0.743. The van der Waals surface area contributed by atoms with Gasteiger partial charge in [-0.05, 0) is 43.5 Å². The highest BCUT2D eigenvalue weighted by Gasteiger charge is 2.18. The second-order valence-corrected chi connectivity index (χ2v) is 4.74. The van der Waals surface area contributed by atoms with Crippen molar-refractivity contribution in [2.24, 2.45) is 7.05 Å². The fourth-order valence-corrected chi connectivity index (χ4v) is 2.83. The number of fused-ring (bicyclic) bond motifs is 1. The van der Waals surface area contributed by atoms with E-state index in [9.17, 15) is 0 Å². The molecule has 2 nitrogen and oxygen atoms in total. The van der Waals surface area contributed by atoms with Crippen LogP contribution in [0.1, 0.15) is 38.2 Å². The van der Waals surface area contributed by atoms with Crippen molar-refractivity contribution in [2.75, 3.05) is 13.1 Å². The van der Waals surface area contributed by atoms with Crippen molar-refractivity contribution < 1.29 is 0 Å². The van der Waals surface area contributed by atoms with Crippen molar-refractivity contribution in [3.63, 3.8) is 0 Å². The maximum Gasteiger partial charge on any atom is 0.0480 e. The third-order valence-electron chi connectivity index (χ3n) is 3.71. The zero-order valence-corrected chi connectivity index (χ0v) is 11.7. The van der Waals surface area contributed by atoms with Crippen molar-refractivity contribution in [2.45, 2.75) is 32.6 Å². The van der Waals surface area contributed by atoms with Crippen LogP contribution in [0, 0.1) is 0 Å². The van der Waals surface area contributed by atoms with Crippen LogP contribution in [-0.2, 0) is 7.05 Å². The lowest BCUT2D eigenvalue weighted by atomic mass is 9.90. The second kappa shape index (κ2) is 6.05. The molecule has 0 bridgehead atoms. The fraction of sp³-hybridized carbons (Fsp3) is 0.500. The maximum absolute atomic E-state index is 3.43. The van der Waals surface area contributed by atoms with Crippen LogP contribution in [0.25, 0.3) is 10.9 Å². The molecule has 0 atom stereocenters. The van der Waals surface area contributed by atoms with Gasteiger partial charge in [-0.2, -0.15) is 0 Å². The van der Waals surface area contributed by atoms with Crippen LogP contribution in [0.4, 0.5) is 0 Å². The van der Waals surface area contributed by atoms with Gasteiger partial charge < -0.3 is 9.88 Å². The van der Waals surface area contributed by atoms with E-state index in [0.717, 1.165) is 19.0 Å². The summed E-state index contributed by atoms with van der Waals surface area (Å²) in [6.07, 6.45) is 4.86. The van der Waals surface area contributed by atoms with Crippen molar-refractivity contribution in [3.8, 4) is 0 Å². The van der Waals surface area contributed by atoms with Crippen molar-refractivity contribution in [3.05, 3.63) is 36.0 Å². The van der Waals surface area contributed by atoms with Crippen LogP contribution in [-0.4, -0.2) is 17.7 Å². The van der Waals surface area contributed by atoms with Gasteiger partial charge in [-0.1, -0.05) is 32.0 Å². The van der Waals surface area contributed by atoms with Crippen molar-refractivity contribution >= 4 is 10.9 Å². The summed E-state index contributed by atoms with van der Waals surface area (Å²) in [6, 6.07) is 8.73. The molecule has 2 heterocycles. The Bertz CT molecular complexity index is 493. The molecule has 0 spiro atoms. The Morgan fingerprint density at radius 2 is 1.78 bits per heavy atom. The Morgan fingerprint density at radius 3 is 2.50 bits per heavy atom. The van der Waals surface area contributed by atoms with Gasteiger partial charge in [0.25, 0.3) is 0 Å². The third-order valence-corrected chi connectivity index (χ3v) is 3.71. The molecule has 0 amide bonds. The van der Waals surface area contributed by atoms with Gasteiger partial charge in [0.15, 0.2) is 0 Å². The minimum Gasteiger partial charge on any atom is -0.350 e. The van der Waals surface area contributed by atoms with Crippen LogP contribution in [0.5, 0.6) is 0 Å². The first-order valence-corrected chi connectivity index (χ1v) is 7.11. The van der Waals surface area contributed by atoms with Crippen LogP contribution in [0.3, 0.4) is 0 Å². The lowest BCUT2D eigenvalue weighted by molar-refractivity contribution is 0.462. The summed E-state index contributed by atoms with van der Waals surface area (Å²) < 4.78 is 2.26. The molecular weight excluding hydrogens is 220 g/mol. The zero-order valence-electron chi connectivity index (χ0n) is 11.7. The van der Waals surface area contributed by atoms with Crippen LogP contribution < -0.4 is 5.32 Å². The number of hydrogen-bond acceptors (Lipinski definition) is 1. The highest BCUT2D eigenvalue weighted by atomic mass is 14.9. The van der Waals surface area contributed by atoms with E-state index in [1.165, 1.54) is 23.7 Å². The van der Waals surface area contributed by atoms with Crippen LogP contribution >= 0.6 is 0 Å². The first kappa shape index (κ1) is 13.2. The summed E-state index contributed by atoms with van der Waals surface area (Å²) in [4.78, 5) is 0. The van der Waals surface area contributed by atoms with E-state index in [2.05, 4.69) is 47.4 Å². The molecule has 3 rings (SSSR count). The number of aromatic nitrogens is 1. The molecule has 0 saturated carbocycles. The molecule has 2 aromatic rings. The van der Waals surface area contributed by atoms with Gasteiger partial charge in [0.05, 0.1) is 0 Å². The Morgan fingerprint density at radius 1 is 1.11 bits per heavy atom. The van der Waals surface area contributed by atoms with Gasteiger partial charge in [0.2, 0.25) is 0 Å².